The average Bonchev–Trinajstić information content (AvgIpc) is 3.16. The number of aromatic nitrogens is 1. The van der Waals surface area contributed by atoms with E-state index in [0.29, 0.717) is 11.2 Å². The van der Waals surface area contributed by atoms with Crippen molar-refractivity contribution in [1.82, 2.24) is 9.88 Å². The predicted molar refractivity (Wildman–Crippen MR) is 92.9 cm³/mol. The molecular weight excluding hydrogens is 290 g/mol. The molecule has 0 spiro atoms. The van der Waals surface area contributed by atoms with E-state index in [1.807, 2.05) is 6.20 Å². The van der Waals surface area contributed by atoms with Gasteiger partial charge < -0.3 is 5.73 Å². The first-order valence-corrected chi connectivity index (χ1v) is 8.55. The van der Waals surface area contributed by atoms with Gasteiger partial charge in [-0.25, -0.2) is 4.98 Å². The number of fused-ring (bicyclic) bond motifs is 1. The Bertz CT molecular complexity index is 790. The molecule has 2 N–H and O–H groups in total. The summed E-state index contributed by atoms with van der Waals surface area (Å²) in [5.74, 6) is 0. The summed E-state index contributed by atoms with van der Waals surface area (Å²) >= 11 is 1.60. The van der Waals surface area contributed by atoms with Crippen molar-refractivity contribution in [3.8, 4) is 0 Å². The molecule has 1 aliphatic rings. The van der Waals surface area contributed by atoms with Gasteiger partial charge in [0.15, 0.2) is 5.13 Å². The summed E-state index contributed by atoms with van der Waals surface area (Å²) in [5, 5.41) is 3.37. The SMILES string of the molecule is Nc1ncc(CN2CCCC2c2cccc3ccccc23)s1. The Balaban J connectivity index is 1.67. The van der Waals surface area contributed by atoms with Gasteiger partial charge in [-0.2, -0.15) is 0 Å². The third-order valence-corrected chi connectivity index (χ3v) is 5.29. The summed E-state index contributed by atoms with van der Waals surface area (Å²) in [6, 6.07) is 15.8. The van der Waals surface area contributed by atoms with Gasteiger partial charge in [-0.3, -0.25) is 4.90 Å². The number of thiazole rings is 1. The van der Waals surface area contributed by atoms with Crippen molar-refractivity contribution in [3.05, 3.63) is 59.1 Å². The Hall–Kier alpha value is -1.91. The maximum atomic E-state index is 5.76. The van der Waals surface area contributed by atoms with E-state index in [9.17, 15) is 0 Å². The molecule has 0 amide bonds. The fraction of sp³-hybridized carbons (Fsp3) is 0.278. The molecule has 22 heavy (non-hydrogen) atoms. The first kappa shape index (κ1) is 13.7. The number of likely N-dealkylation sites (tertiary alicyclic amines) is 1. The van der Waals surface area contributed by atoms with E-state index in [1.165, 1.54) is 34.1 Å². The lowest BCUT2D eigenvalue weighted by Gasteiger charge is -2.25. The highest BCUT2D eigenvalue weighted by atomic mass is 32.1. The fourth-order valence-corrected chi connectivity index (χ4v) is 4.21. The maximum absolute atomic E-state index is 5.76. The van der Waals surface area contributed by atoms with Gasteiger partial charge in [0.2, 0.25) is 0 Å². The standard InChI is InChI=1S/C18H19N3S/c19-18-20-11-14(22-18)12-21-10-4-9-17(21)16-8-3-6-13-5-1-2-7-15(13)16/h1-3,5-8,11,17H,4,9-10,12H2,(H2,19,20). The molecule has 1 atom stereocenters. The zero-order valence-corrected chi connectivity index (χ0v) is 13.2. The molecule has 3 nitrogen and oxygen atoms in total. The number of nitrogen functional groups attached to an aromatic ring is 1. The lowest BCUT2D eigenvalue weighted by Crippen LogP contribution is -2.22. The Kier molecular flexibility index (Phi) is 3.56. The summed E-state index contributed by atoms with van der Waals surface area (Å²) < 4.78 is 0. The van der Waals surface area contributed by atoms with Gasteiger partial charge in [-0.1, -0.05) is 42.5 Å². The average molecular weight is 309 g/mol. The van der Waals surface area contributed by atoms with Crippen LogP contribution in [0.25, 0.3) is 10.8 Å². The van der Waals surface area contributed by atoms with Crippen LogP contribution in [-0.4, -0.2) is 16.4 Å². The Morgan fingerprint density at radius 1 is 1.18 bits per heavy atom. The van der Waals surface area contributed by atoms with E-state index >= 15 is 0 Å². The summed E-state index contributed by atoms with van der Waals surface area (Å²) in [5.41, 5.74) is 7.21. The van der Waals surface area contributed by atoms with Crippen molar-refractivity contribution in [2.24, 2.45) is 0 Å². The summed E-state index contributed by atoms with van der Waals surface area (Å²) in [6.07, 6.45) is 4.39. The zero-order valence-electron chi connectivity index (χ0n) is 12.4. The van der Waals surface area contributed by atoms with Crippen LogP contribution >= 0.6 is 11.3 Å². The van der Waals surface area contributed by atoms with Crippen LogP contribution in [0.15, 0.2) is 48.7 Å². The lowest BCUT2D eigenvalue weighted by atomic mass is 9.97. The summed E-state index contributed by atoms with van der Waals surface area (Å²) in [6.45, 7) is 2.09. The second kappa shape index (κ2) is 5.71. The van der Waals surface area contributed by atoms with E-state index in [-0.39, 0.29) is 0 Å². The summed E-state index contributed by atoms with van der Waals surface area (Å²) in [4.78, 5) is 7.99. The van der Waals surface area contributed by atoms with Crippen molar-refractivity contribution in [3.63, 3.8) is 0 Å². The molecule has 0 radical (unpaired) electrons. The molecule has 0 saturated carbocycles. The number of nitrogens with zero attached hydrogens (tertiary/aromatic N) is 2. The highest BCUT2D eigenvalue weighted by molar-refractivity contribution is 7.15. The molecule has 2 heterocycles. The zero-order chi connectivity index (χ0) is 14.9. The van der Waals surface area contributed by atoms with Gasteiger partial charge in [-0.15, -0.1) is 11.3 Å². The second-order valence-corrected chi connectivity index (χ2v) is 7.01. The number of rotatable bonds is 3. The molecule has 3 aromatic rings. The second-order valence-electron chi connectivity index (χ2n) is 5.86. The first-order valence-electron chi connectivity index (χ1n) is 7.73. The number of hydrogen-bond acceptors (Lipinski definition) is 4. The Morgan fingerprint density at radius 2 is 2.05 bits per heavy atom. The molecular formula is C18H19N3S. The maximum Gasteiger partial charge on any atom is 0.180 e. The third kappa shape index (κ3) is 2.49. The molecule has 0 bridgehead atoms. The normalized spacial score (nSPS) is 19.0. The molecule has 0 aliphatic carbocycles. The highest BCUT2D eigenvalue weighted by Gasteiger charge is 2.27. The monoisotopic (exact) mass is 309 g/mol. The van der Waals surface area contributed by atoms with E-state index in [2.05, 4.69) is 52.3 Å². The van der Waals surface area contributed by atoms with Crippen LogP contribution in [0.2, 0.25) is 0 Å². The first-order chi connectivity index (χ1) is 10.8. The summed E-state index contributed by atoms with van der Waals surface area (Å²) in [7, 11) is 0. The van der Waals surface area contributed by atoms with Gasteiger partial charge in [0, 0.05) is 23.7 Å². The van der Waals surface area contributed by atoms with E-state index in [4.69, 9.17) is 5.73 Å². The third-order valence-electron chi connectivity index (χ3n) is 4.48. The van der Waals surface area contributed by atoms with Crippen LogP contribution in [0.3, 0.4) is 0 Å². The van der Waals surface area contributed by atoms with Crippen molar-refractivity contribution in [2.45, 2.75) is 25.4 Å². The van der Waals surface area contributed by atoms with Crippen LogP contribution in [0.5, 0.6) is 0 Å². The molecule has 1 aliphatic heterocycles. The van der Waals surface area contributed by atoms with Crippen LogP contribution in [-0.2, 0) is 6.54 Å². The van der Waals surface area contributed by atoms with Gasteiger partial charge >= 0.3 is 0 Å². The van der Waals surface area contributed by atoms with Crippen LogP contribution in [0, 0.1) is 0 Å². The smallest absolute Gasteiger partial charge is 0.180 e. The minimum absolute atomic E-state index is 0.495. The highest BCUT2D eigenvalue weighted by Crippen LogP contribution is 2.37. The number of benzene rings is 2. The molecule has 4 rings (SSSR count). The molecule has 1 aromatic heterocycles. The van der Waals surface area contributed by atoms with E-state index < -0.39 is 0 Å². The Labute approximate surface area is 134 Å². The molecule has 4 heteroatoms. The molecule has 1 fully saturated rings. The molecule has 1 saturated heterocycles. The minimum atomic E-state index is 0.495. The van der Waals surface area contributed by atoms with E-state index in [0.717, 1.165) is 13.1 Å². The van der Waals surface area contributed by atoms with Crippen molar-refractivity contribution in [2.75, 3.05) is 12.3 Å². The van der Waals surface area contributed by atoms with Crippen molar-refractivity contribution < 1.29 is 0 Å². The molecule has 112 valence electrons. The van der Waals surface area contributed by atoms with Gasteiger partial charge in [0.1, 0.15) is 0 Å². The van der Waals surface area contributed by atoms with Gasteiger partial charge in [0.05, 0.1) is 0 Å². The molecule has 2 aromatic carbocycles. The number of anilines is 1. The van der Waals surface area contributed by atoms with Crippen molar-refractivity contribution >= 4 is 27.2 Å². The Morgan fingerprint density at radius 3 is 2.91 bits per heavy atom. The quantitative estimate of drug-likeness (QED) is 0.788. The van der Waals surface area contributed by atoms with E-state index in [1.54, 1.807) is 11.3 Å². The minimum Gasteiger partial charge on any atom is -0.375 e. The van der Waals surface area contributed by atoms with Gasteiger partial charge in [0.25, 0.3) is 0 Å². The van der Waals surface area contributed by atoms with Crippen LogP contribution in [0.4, 0.5) is 5.13 Å². The molecule has 1 unspecified atom stereocenters. The number of hydrogen-bond donors (Lipinski definition) is 1. The van der Waals surface area contributed by atoms with Crippen molar-refractivity contribution in [1.29, 1.82) is 0 Å². The fourth-order valence-electron chi connectivity index (χ4n) is 3.50. The largest absolute Gasteiger partial charge is 0.375 e. The predicted octanol–water partition coefficient (Wildman–Crippen LogP) is 4.22. The van der Waals surface area contributed by atoms with Crippen LogP contribution < -0.4 is 5.73 Å². The van der Waals surface area contributed by atoms with Crippen LogP contribution in [0.1, 0.15) is 29.3 Å². The van der Waals surface area contributed by atoms with Gasteiger partial charge in [-0.05, 0) is 35.7 Å². The lowest BCUT2D eigenvalue weighted by molar-refractivity contribution is 0.252. The topological polar surface area (TPSA) is 42.1 Å². The number of nitrogens with two attached hydrogens (primary N) is 1.